The maximum Gasteiger partial charge on any atom is 0.157 e. The molecule has 20 heavy (non-hydrogen) atoms. The van der Waals surface area contributed by atoms with Crippen molar-refractivity contribution >= 4 is 0 Å². The third-order valence-corrected chi connectivity index (χ3v) is 5.52. The summed E-state index contributed by atoms with van der Waals surface area (Å²) >= 11 is 0. The van der Waals surface area contributed by atoms with Crippen molar-refractivity contribution in [2.45, 2.75) is 84.8 Å². The fourth-order valence-electron chi connectivity index (χ4n) is 3.94. The molecule has 2 rings (SSSR count). The first-order valence-electron chi connectivity index (χ1n) is 8.91. The molecule has 1 saturated carbocycles. The Balaban J connectivity index is 1.75. The van der Waals surface area contributed by atoms with Crippen molar-refractivity contribution in [1.29, 1.82) is 0 Å². The Morgan fingerprint density at radius 3 is 2.10 bits per heavy atom. The first-order chi connectivity index (χ1) is 9.68. The molecule has 1 saturated heterocycles. The summed E-state index contributed by atoms with van der Waals surface area (Å²) in [5.41, 5.74) is 0.264. The normalized spacial score (nSPS) is 38.9. The van der Waals surface area contributed by atoms with Crippen LogP contribution in [-0.4, -0.2) is 19.5 Å². The summed E-state index contributed by atoms with van der Waals surface area (Å²) < 4.78 is 11.9. The highest BCUT2D eigenvalue weighted by Gasteiger charge is 2.40. The van der Waals surface area contributed by atoms with Crippen molar-refractivity contribution in [2.24, 2.45) is 17.3 Å². The van der Waals surface area contributed by atoms with E-state index in [1.807, 2.05) is 0 Å². The molecule has 2 heteroatoms. The minimum absolute atomic E-state index is 0.0639. The Hall–Kier alpha value is -0.0800. The van der Waals surface area contributed by atoms with Gasteiger partial charge in [-0.15, -0.1) is 0 Å². The van der Waals surface area contributed by atoms with Gasteiger partial charge in [-0.1, -0.05) is 59.3 Å². The van der Waals surface area contributed by atoms with E-state index in [2.05, 4.69) is 20.8 Å². The molecule has 0 aromatic carbocycles. The van der Waals surface area contributed by atoms with E-state index in [1.54, 1.807) is 0 Å². The molecule has 1 aliphatic carbocycles. The van der Waals surface area contributed by atoms with E-state index in [-0.39, 0.29) is 11.7 Å². The Labute approximate surface area is 125 Å². The smallest absolute Gasteiger partial charge is 0.157 e. The van der Waals surface area contributed by atoms with Gasteiger partial charge in [0.2, 0.25) is 0 Å². The number of unbranched alkanes of at least 4 members (excludes halogenated alkanes) is 1. The van der Waals surface area contributed by atoms with Crippen LogP contribution in [0.1, 0.15) is 78.6 Å². The average molecular weight is 282 g/mol. The highest BCUT2D eigenvalue weighted by molar-refractivity contribution is 4.88. The number of hydrogen-bond donors (Lipinski definition) is 0. The molecule has 1 aliphatic heterocycles. The second-order valence-corrected chi connectivity index (χ2v) is 7.35. The molecule has 0 unspecified atom stereocenters. The van der Waals surface area contributed by atoms with Crippen LogP contribution in [0.3, 0.4) is 0 Å². The number of ether oxygens (including phenoxy) is 2. The number of rotatable bonds is 6. The van der Waals surface area contributed by atoms with Crippen molar-refractivity contribution in [2.75, 3.05) is 13.2 Å². The van der Waals surface area contributed by atoms with Gasteiger partial charge in [0.1, 0.15) is 0 Å². The van der Waals surface area contributed by atoms with Gasteiger partial charge in [0, 0.05) is 5.41 Å². The second kappa shape index (κ2) is 7.79. The van der Waals surface area contributed by atoms with E-state index >= 15 is 0 Å². The highest BCUT2D eigenvalue weighted by atomic mass is 16.7. The lowest BCUT2D eigenvalue weighted by molar-refractivity contribution is -0.241. The minimum Gasteiger partial charge on any atom is -0.352 e. The minimum atomic E-state index is 0.0639. The zero-order chi connectivity index (χ0) is 14.4. The van der Waals surface area contributed by atoms with E-state index in [1.165, 1.54) is 44.9 Å². The summed E-state index contributed by atoms with van der Waals surface area (Å²) in [6, 6.07) is 0. The van der Waals surface area contributed by atoms with Gasteiger partial charge in [0.15, 0.2) is 6.29 Å². The maximum absolute atomic E-state index is 5.96. The molecule has 0 aromatic rings. The fourth-order valence-corrected chi connectivity index (χ4v) is 3.94. The molecule has 0 atom stereocenters. The molecule has 2 aliphatic rings. The van der Waals surface area contributed by atoms with Gasteiger partial charge in [-0.25, -0.2) is 0 Å². The van der Waals surface area contributed by atoms with E-state index in [4.69, 9.17) is 9.47 Å². The molecular formula is C18H34O2. The molecule has 1 heterocycles. The van der Waals surface area contributed by atoms with Crippen molar-refractivity contribution in [3.63, 3.8) is 0 Å². The van der Waals surface area contributed by atoms with Crippen LogP contribution in [0.4, 0.5) is 0 Å². The van der Waals surface area contributed by atoms with E-state index < -0.39 is 0 Å². The zero-order valence-electron chi connectivity index (χ0n) is 13.8. The molecule has 0 radical (unpaired) electrons. The van der Waals surface area contributed by atoms with E-state index in [0.29, 0.717) is 0 Å². The summed E-state index contributed by atoms with van der Waals surface area (Å²) in [6.07, 6.45) is 12.1. The maximum atomic E-state index is 5.96. The molecule has 0 amide bonds. The Morgan fingerprint density at radius 1 is 0.900 bits per heavy atom. The van der Waals surface area contributed by atoms with Crippen molar-refractivity contribution in [3.8, 4) is 0 Å². The van der Waals surface area contributed by atoms with Crippen LogP contribution in [0.25, 0.3) is 0 Å². The van der Waals surface area contributed by atoms with Crippen LogP contribution < -0.4 is 0 Å². The Bertz CT molecular complexity index is 261. The summed E-state index contributed by atoms with van der Waals surface area (Å²) in [5, 5.41) is 0. The summed E-state index contributed by atoms with van der Waals surface area (Å²) in [6.45, 7) is 8.68. The summed E-state index contributed by atoms with van der Waals surface area (Å²) in [4.78, 5) is 0. The monoisotopic (exact) mass is 282 g/mol. The molecule has 118 valence electrons. The van der Waals surface area contributed by atoms with Crippen LogP contribution in [-0.2, 0) is 9.47 Å². The standard InChI is InChI=1S/C18H34O2/c1-4-6-8-15-9-11-16(12-10-15)18(3)13-19-17(7-5-2)20-14-18/h15-17H,4-14H2,1-3H3. The third-order valence-electron chi connectivity index (χ3n) is 5.52. The lowest BCUT2D eigenvalue weighted by Gasteiger charge is -2.45. The largest absolute Gasteiger partial charge is 0.352 e. The van der Waals surface area contributed by atoms with Crippen molar-refractivity contribution in [1.82, 2.24) is 0 Å². The lowest BCUT2D eigenvalue weighted by Crippen LogP contribution is -2.45. The van der Waals surface area contributed by atoms with Gasteiger partial charge in [-0.3, -0.25) is 0 Å². The Kier molecular flexibility index (Phi) is 6.35. The van der Waals surface area contributed by atoms with Gasteiger partial charge in [-0.05, 0) is 31.1 Å². The van der Waals surface area contributed by atoms with Crippen molar-refractivity contribution < 1.29 is 9.47 Å². The van der Waals surface area contributed by atoms with Crippen LogP contribution >= 0.6 is 0 Å². The quantitative estimate of drug-likeness (QED) is 0.669. The molecule has 0 spiro atoms. The predicted molar refractivity (Wildman–Crippen MR) is 83.7 cm³/mol. The SMILES string of the molecule is CCCCC1CCC(C2(C)COC(CCC)OC2)CC1. The average Bonchev–Trinajstić information content (AvgIpc) is 2.48. The zero-order valence-corrected chi connectivity index (χ0v) is 13.8. The molecule has 0 bridgehead atoms. The predicted octanol–water partition coefficient (Wildman–Crippen LogP) is 5.16. The van der Waals surface area contributed by atoms with Gasteiger partial charge < -0.3 is 9.47 Å². The van der Waals surface area contributed by atoms with E-state index in [9.17, 15) is 0 Å². The van der Waals surface area contributed by atoms with Gasteiger partial charge in [-0.2, -0.15) is 0 Å². The van der Waals surface area contributed by atoms with Crippen LogP contribution in [0.15, 0.2) is 0 Å². The topological polar surface area (TPSA) is 18.5 Å². The Morgan fingerprint density at radius 2 is 1.55 bits per heavy atom. The molecular weight excluding hydrogens is 248 g/mol. The highest BCUT2D eigenvalue weighted by Crippen LogP contribution is 2.43. The first-order valence-corrected chi connectivity index (χ1v) is 8.91. The van der Waals surface area contributed by atoms with E-state index in [0.717, 1.165) is 37.9 Å². The number of hydrogen-bond acceptors (Lipinski definition) is 2. The van der Waals surface area contributed by atoms with Gasteiger partial charge >= 0.3 is 0 Å². The lowest BCUT2D eigenvalue weighted by atomic mass is 9.67. The molecule has 2 fully saturated rings. The van der Waals surface area contributed by atoms with Crippen molar-refractivity contribution in [3.05, 3.63) is 0 Å². The van der Waals surface area contributed by atoms with Crippen LogP contribution in [0.5, 0.6) is 0 Å². The fraction of sp³-hybridized carbons (Fsp3) is 1.00. The molecule has 2 nitrogen and oxygen atoms in total. The van der Waals surface area contributed by atoms with Crippen LogP contribution in [0, 0.1) is 17.3 Å². The first kappa shape index (κ1) is 16.3. The third kappa shape index (κ3) is 4.21. The second-order valence-electron chi connectivity index (χ2n) is 7.35. The summed E-state index contributed by atoms with van der Waals surface area (Å²) in [7, 11) is 0. The molecule has 0 N–H and O–H groups in total. The summed E-state index contributed by atoms with van der Waals surface area (Å²) in [5.74, 6) is 1.80. The van der Waals surface area contributed by atoms with Gasteiger partial charge in [0.25, 0.3) is 0 Å². The van der Waals surface area contributed by atoms with Gasteiger partial charge in [0.05, 0.1) is 13.2 Å². The molecule has 0 aromatic heterocycles. The van der Waals surface area contributed by atoms with Crippen LogP contribution in [0.2, 0.25) is 0 Å².